The van der Waals surface area contributed by atoms with Crippen molar-refractivity contribution >= 4 is 32.3 Å². The van der Waals surface area contributed by atoms with Gasteiger partial charge in [0.1, 0.15) is 9.84 Å². The predicted octanol–water partition coefficient (Wildman–Crippen LogP) is -0.359. The summed E-state index contributed by atoms with van der Waals surface area (Å²) in [5.41, 5.74) is 5.99. The van der Waals surface area contributed by atoms with E-state index in [2.05, 4.69) is 14.9 Å². The summed E-state index contributed by atoms with van der Waals surface area (Å²) in [5.74, 6) is 0.542. The molecule has 130 valence electrons. The minimum Gasteiger partial charge on any atom is -0.378 e. The van der Waals surface area contributed by atoms with Crippen molar-refractivity contribution < 1.29 is 13.2 Å². The number of aromatic nitrogens is 1. The number of anilines is 1. The fourth-order valence-electron chi connectivity index (χ4n) is 2.14. The highest BCUT2D eigenvalue weighted by Gasteiger charge is 2.19. The van der Waals surface area contributed by atoms with E-state index in [0.29, 0.717) is 19.1 Å². The Morgan fingerprint density at radius 3 is 2.74 bits per heavy atom. The fraction of sp³-hybridized carbons (Fsp3) is 0.692. The number of ether oxygens (including phenoxy) is 1. The zero-order chi connectivity index (χ0) is 16.7. The Labute approximate surface area is 140 Å². The third-order valence-corrected chi connectivity index (χ3v) is 5.14. The zero-order valence-electron chi connectivity index (χ0n) is 13.2. The number of thiazole rings is 1. The minimum atomic E-state index is -2.97. The van der Waals surface area contributed by atoms with Gasteiger partial charge in [0.2, 0.25) is 0 Å². The number of hydrogen-bond acceptors (Lipinski definition) is 7. The molecule has 0 bridgehead atoms. The number of rotatable bonds is 7. The van der Waals surface area contributed by atoms with Crippen LogP contribution >= 0.6 is 11.3 Å². The lowest BCUT2D eigenvalue weighted by Crippen LogP contribution is -2.51. The highest BCUT2D eigenvalue weighted by atomic mass is 32.2. The topological polar surface area (TPSA) is 101 Å². The van der Waals surface area contributed by atoms with Gasteiger partial charge in [0.05, 0.1) is 25.5 Å². The molecule has 0 unspecified atom stereocenters. The van der Waals surface area contributed by atoms with Crippen molar-refractivity contribution in [1.29, 1.82) is 0 Å². The van der Waals surface area contributed by atoms with Gasteiger partial charge in [-0.3, -0.25) is 4.99 Å². The van der Waals surface area contributed by atoms with Crippen LogP contribution in [0.4, 0.5) is 5.13 Å². The summed E-state index contributed by atoms with van der Waals surface area (Å²) in [4.78, 5) is 12.9. The molecule has 0 atom stereocenters. The Bertz CT molecular complexity index is 595. The summed E-state index contributed by atoms with van der Waals surface area (Å²) in [6.07, 6.45) is 3.00. The maximum absolute atomic E-state index is 10.9. The molecule has 0 radical (unpaired) electrons. The van der Waals surface area contributed by atoms with Crippen LogP contribution < -0.4 is 10.6 Å². The number of nitrogens with zero attached hydrogens (tertiary/aromatic N) is 4. The standard InChI is InChI=1S/C13H23N5O3S2/c1-23(19,20)11-9-21-8-2-15-12(14)17-4-6-18(7-5-17)13-16-3-10-22-13/h3,10H,2,4-9,11H2,1H3,(H2,14,15). The molecule has 23 heavy (non-hydrogen) atoms. The average molecular weight is 361 g/mol. The largest absolute Gasteiger partial charge is 0.378 e. The van der Waals surface area contributed by atoms with Gasteiger partial charge in [-0.2, -0.15) is 0 Å². The van der Waals surface area contributed by atoms with E-state index in [9.17, 15) is 8.42 Å². The van der Waals surface area contributed by atoms with Crippen molar-refractivity contribution in [3.8, 4) is 0 Å². The van der Waals surface area contributed by atoms with Crippen LogP contribution in [0.5, 0.6) is 0 Å². The first-order valence-corrected chi connectivity index (χ1v) is 10.3. The number of aliphatic imine (C=N–C) groups is 1. The normalized spacial score (nSPS) is 16.8. The van der Waals surface area contributed by atoms with E-state index in [0.717, 1.165) is 31.3 Å². The van der Waals surface area contributed by atoms with Gasteiger partial charge < -0.3 is 20.3 Å². The maximum atomic E-state index is 10.9. The molecule has 2 rings (SSSR count). The lowest BCUT2D eigenvalue weighted by molar-refractivity contribution is 0.157. The van der Waals surface area contributed by atoms with E-state index < -0.39 is 9.84 Å². The second-order valence-electron chi connectivity index (χ2n) is 5.27. The SMILES string of the molecule is CS(=O)(=O)CCOCCN=C(N)N1CCN(c2nccs2)CC1. The second kappa shape index (κ2) is 8.46. The number of sulfone groups is 1. The van der Waals surface area contributed by atoms with E-state index >= 15 is 0 Å². The Balaban J connectivity index is 1.65. The lowest BCUT2D eigenvalue weighted by Gasteiger charge is -2.35. The monoisotopic (exact) mass is 361 g/mol. The van der Waals surface area contributed by atoms with Crippen LogP contribution in [0.15, 0.2) is 16.6 Å². The molecule has 0 aliphatic carbocycles. The van der Waals surface area contributed by atoms with Gasteiger partial charge in [-0.05, 0) is 0 Å². The maximum Gasteiger partial charge on any atom is 0.191 e. The molecule has 0 spiro atoms. The van der Waals surface area contributed by atoms with Crippen molar-refractivity contribution in [3.05, 3.63) is 11.6 Å². The van der Waals surface area contributed by atoms with Gasteiger partial charge >= 0.3 is 0 Å². The average Bonchev–Trinajstić information content (AvgIpc) is 3.04. The molecule has 0 amide bonds. The molecule has 2 heterocycles. The number of guanidine groups is 1. The third-order valence-electron chi connectivity index (χ3n) is 3.40. The molecule has 1 saturated heterocycles. The van der Waals surface area contributed by atoms with Gasteiger partial charge in [-0.1, -0.05) is 0 Å². The van der Waals surface area contributed by atoms with Gasteiger partial charge in [0.15, 0.2) is 11.1 Å². The van der Waals surface area contributed by atoms with Gasteiger partial charge in [-0.15, -0.1) is 11.3 Å². The third kappa shape index (κ3) is 6.32. The van der Waals surface area contributed by atoms with Crippen LogP contribution in [-0.2, 0) is 14.6 Å². The first-order chi connectivity index (χ1) is 11.0. The Kier molecular flexibility index (Phi) is 6.60. The van der Waals surface area contributed by atoms with Crippen LogP contribution in [0, 0.1) is 0 Å². The smallest absolute Gasteiger partial charge is 0.191 e. The molecular formula is C13H23N5O3S2. The van der Waals surface area contributed by atoms with Crippen molar-refractivity contribution in [3.63, 3.8) is 0 Å². The summed E-state index contributed by atoms with van der Waals surface area (Å²) in [6.45, 7) is 4.36. The molecule has 1 aliphatic heterocycles. The molecule has 1 aromatic rings. The summed E-state index contributed by atoms with van der Waals surface area (Å²) in [5, 5.41) is 3.01. The van der Waals surface area contributed by atoms with E-state index in [1.165, 1.54) is 6.26 Å². The van der Waals surface area contributed by atoms with E-state index in [1.54, 1.807) is 11.3 Å². The minimum absolute atomic E-state index is 0.0327. The molecule has 1 fully saturated rings. The van der Waals surface area contributed by atoms with E-state index in [-0.39, 0.29) is 12.4 Å². The predicted molar refractivity (Wildman–Crippen MR) is 92.9 cm³/mol. The molecule has 10 heteroatoms. The van der Waals surface area contributed by atoms with Crippen LogP contribution in [0.25, 0.3) is 0 Å². The molecule has 8 nitrogen and oxygen atoms in total. The number of nitrogens with two attached hydrogens (primary N) is 1. The van der Waals surface area contributed by atoms with Gasteiger partial charge in [-0.25, -0.2) is 13.4 Å². The first kappa shape index (κ1) is 18.0. The molecule has 0 saturated carbocycles. The first-order valence-electron chi connectivity index (χ1n) is 7.40. The summed E-state index contributed by atoms with van der Waals surface area (Å²) >= 11 is 1.64. The molecule has 0 aromatic carbocycles. The Hall–Kier alpha value is -1.39. The van der Waals surface area contributed by atoms with E-state index in [1.807, 2.05) is 16.5 Å². The van der Waals surface area contributed by atoms with Gasteiger partial charge in [0.25, 0.3) is 0 Å². The second-order valence-corrected chi connectivity index (χ2v) is 8.40. The van der Waals surface area contributed by atoms with E-state index in [4.69, 9.17) is 10.5 Å². The summed E-state index contributed by atoms with van der Waals surface area (Å²) < 4.78 is 27.1. The molecule has 1 aliphatic rings. The number of hydrogen-bond donors (Lipinski definition) is 1. The number of piperazine rings is 1. The molecule has 2 N–H and O–H groups in total. The van der Waals surface area contributed by atoms with Crippen LogP contribution in [0.1, 0.15) is 0 Å². The zero-order valence-corrected chi connectivity index (χ0v) is 14.9. The lowest BCUT2D eigenvalue weighted by atomic mass is 10.3. The van der Waals surface area contributed by atoms with Crippen molar-refractivity contribution in [2.45, 2.75) is 0 Å². The highest BCUT2D eigenvalue weighted by Crippen LogP contribution is 2.18. The summed E-state index contributed by atoms with van der Waals surface area (Å²) in [7, 11) is -2.97. The van der Waals surface area contributed by atoms with Crippen molar-refractivity contribution in [1.82, 2.24) is 9.88 Å². The fourth-order valence-corrected chi connectivity index (χ4v) is 3.25. The quantitative estimate of drug-likeness (QED) is 0.402. The van der Waals surface area contributed by atoms with Crippen molar-refractivity contribution in [2.75, 3.05) is 62.8 Å². The van der Waals surface area contributed by atoms with Crippen molar-refractivity contribution in [2.24, 2.45) is 10.7 Å². The Morgan fingerprint density at radius 1 is 1.39 bits per heavy atom. The van der Waals surface area contributed by atoms with Gasteiger partial charge in [0, 0.05) is 44.0 Å². The summed E-state index contributed by atoms with van der Waals surface area (Å²) in [6, 6.07) is 0. The van der Waals surface area contributed by atoms with Crippen LogP contribution in [0.3, 0.4) is 0 Å². The van der Waals surface area contributed by atoms with Crippen LogP contribution in [0.2, 0.25) is 0 Å². The molecular weight excluding hydrogens is 338 g/mol. The molecule has 1 aromatic heterocycles. The Morgan fingerprint density at radius 2 is 2.13 bits per heavy atom. The van der Waals surface area contributed by atoms with Crippen LogP contribution in [-0.4, -0.2) is 82.2 Å². The highest BCUT2D eigenvalue weighted by molar-refractivity contribution is 7.90.